The lowest BCUT2D eigenvalue weighted by atomic mass is 9.95. The summed E-state index contributed by atoms with van der Waals surface area (Å²) < 4.78 is 12.1. The van der Waals surface area contributed by atoms with Gasteiger partial charge in [-0.2, -0.15) is 0 Å². The highest BCUT2D eigenvalue weighted by Crippen LogP contribution is 2.23. The minimum absolute atomic E-state index is 0.356. The molecule has 2 rings (SSSR count). The second-order valence-electron chi connectivity index (χ2n) is 7.61. The Hall–Kier alpha value is -0.620. The number of guanidine groups is 1. The first-order valence-electron chi connectivity index (χ1n) is 10.3. The third kappa shape index (κ3) is 7.26. The van der Waals surface area contributed by atoms with Crippen LogP contribution in [0.15, 0.2) is 4.99 Å². The summed E-state index contributed by atoms with van der Waals surface area (Å²) in [6.07, 6.45) is 7.13. The van der Waals surface area contributed by atoms with E-state index in [2.05, 4.69) is 29.4 Å². The molecule has 2 N–H and O–H groups in total. The van der Waals surface area contributed by atoms with Crippen LogP contribution in [0.5, 0.6) is 0 Å². The van der Waals surface area contributed by atoms with E-state index in [0.29, 0.717) is 11.3 Å². The van der Waals surface area contributed by atoms with E-state index in [1.54, 1.807) is 0 Å². The molecule has 4 unspecified atom stereocenters. The Morgan fingerprint density at radius 1 is 1.24 bits per heavy atom. The van der Waals surface area contributed by atoms with Crippen molar-refractivity contribution in [2.75, 3.05) is 38.5 Å². The van der Waals surface area contributed by atoms with Crippen LogP contribution in [-0.2, 0) is 10.8 Å². The van der Waals surface area contributed by atoms with E-state index in [0.717, 1.165) is 56.5 Å². The van der Waals surface area contributed by atoms with Crippen LogP contribution in [0.3, 0.4) is 0 Å². The van der Waals surface area contributed by atoms with Crippen LogP contribution in [0.4, 0.5) is 0 Å². The number of nitrogens with zero attached hydrogens (tertiary/aromatic N) is 2. The third-order valence-electron chi connectivity index (χ3n) is 5.39. The summed E-state index contributed by atoms with van der Waals surface area (Å²) in [7, 11) is -0.672. The lowest BCUT2D eigenvalue weighted by Gasteiger charge is -2.31. The Kier molecular flexibility index (Phi) is 9.24. The Labute approximate surface area is 156 Å². The molecule has 5 nitrogen and oxygen atoms in total. The van der Waals surface area contributed by atoms with Gasteiger partial charge in [0.25, 0.3) is 0 Å². The fourth-order valence-corrected chi connectivity index (χ4v) is 5.40. The topological polar surface area (TPSA) is 56.7 Å². The highest BCUT2D eigenvalue weighted by atomic mass is 32.2. The highest BCUT2D eigenvalue weighted by molar-refractivity contribution is 7.85. The minimum Gasteiger partial charge on any atom is -0.357 e. The molecule has 6 heteroatoms. The molecule has 0 aromatic carbocycles. The van der Waals surface area contributed by atoms with Gasteiger partial charge in [-0.15, -0.1) is 0 Å². The Morgan fingerprint density at radius 3 is 2.80 bits per heavy atom. The van der Waals surface area contributed by atoms with Gasteiger partial charge in [0.2, 0.25) is 0 Å². The number of likely N-dealkylation sites (tertiary alicyclic amines) is 1. The van der Waals surface area contributed by atoms with Gasteiger partial charge in [0, 0.05) is 47.5 Å². The predicted octanol–water partition coefficient (Wildman–Crippen LogP) is 2.35. The first-order chi connectivity index (χ1) is 12.1. The van der Waals surface area contributed by atoms with Crippen molar-refractivity contribution in [2.45, 2.75) is 70.6 Å². The van der Waals surface area contributed by atoms with Crippen molar-refractivity contribution in [3.63, 3.8) is 0 Å². The monoisotopic (exact) mass is 370 g/mol. The molecule has 1 saturated heterocycles. The molecule has 1 saturated carbocycles. The molecule has 1 heterocycles. The molecule has 0 bridgehead atoms. The van der Waals surface area contributed by atoms with Crippen molar-refractivity contribution < 1.29 is 4.21 Å². The van der Waals surface area contributed by atoms with Crippen LogP contribution in [0.2, 0.25) is 0 Å². The summed E-state index contributed by atoms with van der Waals surface area (Å²) in [5.41, 5.74) is 0. The maximum atomic E-state index is 12.1. The average molecular weight is 371 g/mol. The standard InChI is InChI=1S/C19H38N4OS/c1-4-20-19(21-11-13-23-12-7-8-16(3)15-23)22-17-9-6-10-18(14-17)25(24)5-2/h16-18H,4-15H2,1-3H3,(H2,20,21,22). The zero-order valence-corrected chi connectivity index (χ0v) is 17.2. The molecule has 2 fully saturated rings. The van der Waals surface area contributed by atoms with Gasteiger partial charge < -0.3 is 15.5 Å². The second kappa shape index (κ2) is 11.2. The summed E-state index contributed by atoms with van der Waals surface area (Å²) in [5.74, 6) is 2.53. The molecule has 1 aliphatic carbocycles. The lowest BCUT2D eigenvalue weighted by molar-refractivity contribution is 0.189. The molecule has 0 aromatic heterocycles. The van der Waals surface area contributed by atoms with Crippen molar-refractivity contribution in [1.82, 2.24) is 15.5 Å². The fourth-order valence-electron chi connectivity index (χ4n) is 4.06. The van der Waals surface area contributed by atoms with Crippen LogP contribution < -0.4 is 10.6 Å². The summed E-state index contributed by atoms with van der Waals surface area (Å²) in [4.78, 5) is 7.34. The molecule has 0 radical (unpaired) electrons. The minimum atomic E-state index is -0.672. The van der Waals surface area contributed by atoms with Gasteiger partial charge in [-0.05, 0) is 51.5 Å². The molecule has 1 aliphatic heterocycles. The SMILES string of the molecule is CCNC(=NCCN1CCCC(C)C1)NC1CCCC(S(=O)CC)C1. The van der Waals surface area contributed by atoms with Gasteiger partial charge in [-0.1, -0.05) is 20.3 Å². The van der Waals surface area contributed by atoms with Crippen LogP contribution in [-0.4, -0.2) is 64.8 Å². The van der Waals surface area contributed by atoms with E-state index in [4.69, 9.17) is 4.99 Å². The van der Waals surface area contributed by atoms with Crippen molar-refractivity contribution in [3.8, 4) is 0 Å². The molecule has 0 amide bonds. The molecule has 25 heavy (non-hydrogen) atoms. The third-order valence-corrected chi connectivity index (χ3v) is 7.14. The zero-order chi connectivity index (χ0) is 18.1. The number of hydrogen-bond donors (Lipinski definition) is 2. The van der Waals surface area contributed by atoms with Crippen LogP contribution in [0.25, 0.3) is 0 Å². The first-order valence-corrected chi connectivity index (χ1v) is 11.6. The molecule has 2 aliphatic rings. The predicted molar refractivity (Wildman–Crippen MR) is 109 cm³/mol. The van der Waals surface area contributed by atoms with Crippen molar-refractivity contribution in [1.29, 1.82) is 0 Å². The van der Waals surface area contributed by atoms with Gasteiger partial charge in [0.1, 0.15) is 0 Å². The molecule has 0 spiro atoms. The van der Waals surface area contributed by atoms with Crippen LogP contribution >= 0.6 is 0 Å². The van der Waals surface area contributed by atoms with E-state index >= 15 is 0 Å². The number of piperidine rings is 1. The van der Waals surface area contributed by atoms with Gasteiger partial charge in [-0.25, -0.2) is 0 Å². The van der Waals surface area contributed by atoms with E-state index in [1.165, 1.54) is 32.4 Å². The molecular weight excluding hydrogens is 332 g/mol. The van der Waals surface area contributed by atoms with Gasteiger partial charge in [-0.3, -0.25) is 9.20 Å². The summed E-state index contributed by atoms with van der Waals surface area (Å²) in [5, 5.41) is 7.33. The van der Waals surface area contributed by atoms with E-state index < -0.39 is 10.8 Å². The molecule has 4 atom stereocenters. The summed E-state index contributed by atoms with van der Waals surface area (Å²) in [6, 6.07) is 0.405. The summed E-state index contributed by atoms with van der Waals surface area (Å²) >= 11 is 0. The maximum Gasteiger partial charge on any atom is 0.191 e. The Bertz CT molecular complexity index is 443. The largest absolute Gasteiger partial charge is 0.357 e. The fraction of sp³-hybridized carbons (Fsp3) is 0.947. The normalized spacial score (nSPS) is 30.0. The quantitative estimate of drug-likeness (QED) is 0.533. The number of rotatable bonds is 7. The molecule has 0 aromatic rings. The van der Waals surface area contributed by atoms with Gasteiger partial charge in [0.15, 0.2) is 5.96 Å². The Balaban J connectivity index is 1.81. The summed E-state index contributed by atoms with van der Waals surface area (Å²) in [6.45, 7) is 11.7. The van der Waals surface area contributed by atoms with Crippen molar-refractivity contribution in [3.05, 3.63) is 0 Å². The van der Waals surface area contributed by atoms with E-state index in [1.807, 2.05) is 6.92 Å². The van der Waals surface area contributed by atoms with E-state index in [9.17, 15) is 4.21 Å². The molecule has 146 valence electrons. The van der Waals surface area contributed by atoms with Gasteiger partial charge >= 0.3 is 0 Å². The maximum absolute atomic E-state index is 12.1. The van der Waals surface area contributed by atoms with Crippen LogP contribution in [0.1, 0.15) is 59.3 Å². The van der Waals surface area contributed by atoms with Crippen LogP contribution in [0, 0.1) is 5.92 Å². The smallest absolute Gasteiger partial charge is 0.191 e. The zero-order valence-electron chi connectivity index (χ0n) is 16.4. The average Bonchev–Trinajstić information content (AvgIpc) is 2.61. The van der Waals surface area contributed by atoms with E-state index in [-0.39, 0.29) is 0 Å². The molecular formula is C19H38N4OS. The van der Waals surface area contributed by atoms with Gasteiger partial charge in [0.05, 0.1) is 6.54 Å². The Morgan fingerprint density at radius 2 is 2.08 bits per heavy atom. The highest BCUT2D eigenvalue weighted by Gasteiger charge is 2.26. The second-order valence-corrected chi connectivity index (χ2v) is 9.61. The lowest BCUT2D eigenvalue weighted by Crippen LogP contribution is -2.47. The van der Waals surface area contributed by atoms with Crippen molar-refractivity contribution >= 4 is 16.8 Å². The number of nitrogens with one attached hydrogen (secondary N) is 2. The van der Waals surface area contributed by atoms with Crippen molar-refractivity contribution in [2.24, 2.45) is 10.9 Å². The number of hydrogen-bond acceptors (Lipinski definition) is 3. The first kappa shape index (κ1) is 20.7. The number of aliphatic imine (C=N–C) groups is 1.